The quantitative estimate of drug-likeness (QED) is 0.878. The molecule has 0 fully saturated rings. The van der Waals surface area contributed by atoms with Crippen LogP contribution in [0.15, 0.2) is 47.4 Å². The molecule has 1 amide bonds. The molecule has 0 saturated heterocycles. The molecule has 122 valence electrons. The number of sulfonamides is 1. The first kappa shape index (κ1) is 17.0. The molecule has 0 heterocycles. The number of carbonyl (C=O) groups excluding carboxylic acids is 1. The second-order valence-corrected chi connectivity index (χ2v) is 6.53. The zero-order valence-electron chi connectivity index (χ0n) is 12.1. The van der Waals surface area contributed by atoms with Gasteiger partial charge in [0.2, 0.25) is 15.9 Å². The Morgan fingerprint density at radius 3 is 2.35 bits per heavy atom. The third-order valence-corrected chi connectivity index (χ3v) is 4.36. The lowest BCUT2D eigenvalue weighted by atomic mass is 10.2. The van der Waals surface area contributed by atoms with Gasteiger partial charge in [0.25, 0.3) is 0 Å². The molecule has 2 aromatic rings. The summed E-state index contributed by atoms with van der Waals surface area (Å²) in [4.78, 5) is 10.9. The summed E-state index contributed by atoms with van der Waals surface area (Å²) >= 11 is 0. The summed E-state index contributed by atoms with van der Waals surface area (Å²) in [6.07, 6.45) is 0. The van der Waals surface area contributed by atoms with Crippen LogP contribution in [0.1, 0.15) is 12.5 Å². The number of hydrogen-bond acceptors (Lipinski definition) is 3. The van der Waals surface area contributed by atoms with Crippen molar-refractivity contribution in [2.24, 2.45) is 0 Å². The van der Waals surface area contributed by atoms with Gasteiger partial charge in [0.1, 0.15) is 11.6 Å². The molecule has 8 heteroatoms. The zero-order chi connectivity index (χ0) is 17.0. The summed E-state index contributed by atoms with van der Waals surface area (Å²) < 4.78 is 53.0. The fraction of sp³-hybridized carbons (Fsp3) is 0.133. The smallest absolute Gasteiger partial charge is 0.240 e. The molecule has 0 spiro atoms. The predicted octanol–water partition coefficient (Wildman–Crippen LogP) is 2.40. The van der Waals surface area contributed by atoms with Gasteiger partial charge in [-0.05, 0) is 42.5 Å². The van der Waals surface area contributed by atoms with Crippen molar-refractivity contribution in [3.05, 3.63) is 59.7 Å². The number of benzene rings is 2. The number of anilines is 1. The third kappa shape index (κ3) is 4.57. The Hall–Kier alpha value is -2.32. The van der Waals surface area contributed by atoms with Gasteiger partial charge in [-0.3, -0.25) is 4.79 Å². The molecule has 0 saturated carbocycles. The maximum Gasteiger partial charge on any atom is 0.240 e. The molecule has 0 atom stereocenters. The molecule has 0 aliphatic carbocycles. The van der Waals surface area contributed by atoms with Gasteiger partial charge < -0.3 is 5.32 Å². The van der Waals surface area contributed by atoms with Gasteiger partial charge in [0.05, 0.1) is 4.90 Å². The molecule has 2 rings (SSSR count). The number of hydrogen-bond donors (Lipinski definition) is 2. The lowest BCUT2D eigenvalue weighted by Gasteiger charge is -2.09. The molecule has 0 radical (unpaired) electrons. The Morgan fingerprint density at radius 1 is 1.09 bits per heavy atom. The van der Waals surface area contributed by atoms with Gasteiger partial charge in [-0.1, -0.05) is 0 Å². The van der Waals surface area contributed by atoms with Crippen LogP contribution in [-0.2, 0) is 21.4 Å². The fourth-order valence-electron chi connectivity index (χ4n) is 1.86. The molecular weight excluding hydrogens is 326 g/mol. The van der Waals surface area contributed by atoms with Crippen molar-refractivity contribution in [3.63, 3.8) is 0 Å². The summed E-state index contributed by atoms with van der Waals surface area (Å²) in [5.74, 6) is -1.63. The number of halogens is 2. The van der Waals surface area contributed by atoms with Gasteiger partial charge in [-0.15, -0.1) is 0 Å². The van der Waals surface area contributed by atoms with E-state index in [2.05, 4.69) is 10.0 Å². The molecule has 2 N–H and O–H groups in total. The van der Waals surface area contributed by atoms with Crippen molar-refractivity contribution in [3.8, 4) is 0 Å². The SMILES string of the molecule is CC(=O)Nc1ccc(S(=O)(=O)NCc2cc(F)ccc2F)cc1. The summed E-state index contributed by atoms with van der Waals surface area (Å²) in [5.41, 5.74) is 0.357. The number of carbonyl (C=O) groups is 1. The van der Waals surface area contributed by atoms with Crippen molar-refractivity contribution >= 4 is 21.6 Å². The van der Waals surface area contributed by atoms with Crippen LogP contribution in [0.4, 0.5) is 14.5 Å². The van der Waals surface area contributed by atoms with Crippen LogP contribution in [0.2, 0.25) is 0 Å². The first-order valence-electron chi connectivity index (χ1n) is 6.59. The van der Waals surface area contributed by atoms with Crippen LogP contribution in [0.5, 0.6) is 0 Å². The Morgan fingerprint density at radius 2 is 1.74 bits per heavy atom. The topological polar surface area (TPSA) is 75.3 Å². The van der Waals surface area contributed by atoms with Gasteiger partial charge in [0.15, 0.2) is 0 Å². The van der Waals surface area contributed by atoms with E-state index in [1.54, 1.807) is 0 Å². The van der Waals surface area contributed by atoms with Crippen molar-refractivity contribution in [2.75, 3.05) is 5.32 Å². The maximum absolute atomic E-state index is 13.5. The number of rotatable bonds is 5. The molecule has 2 aromatic carbocycles. The lowest BCUT2D eigenvalue weighted by molar-refractivity contribution is -0.114. The Balaban J connectivity index is 2.12. The highest BCUT2D eigenvalue weighted by Gasteiger charge is 2.15. The van der Waals surface area contributed by atoms with E-state index < -0.39 is 21.7 Å². The van der Waals surface area contributed by atoms with Gasteiger partial charge >= 0.3 is 0 Å². The summed E-state index contributed by atoms with van der Waals surface area (Å²) in [7, 11) is -3.89. The van der Waals surface area contributed by atoms with Crippen LogP contribution in [0, 0.1) is 11.6 Å². The summed E-state index contributed by atoms with van der Waals surface area (Å²) in [5, 5.41) is 2.51. The second-order valence-electron chi connectivity index (χ2n) is 4.77. The van der Waals surface area contributed by atoms with Crippen LogP contribution in [0.3, 0.4) is 0 Å². The Bertz CT molecular complexity index is 821. The molecule has 0 aliphatic heterocycles. The maximum atomic E-state index is 13.5. The second kappa shape index (κ2) is 6.84. The van der Waals surface area contributed by atoms with E-state index >= 15 is 0 Å². The molecule has 23 heavy (non-hydrogen) atoms. The minimum Gasteiger partial charge on any atom is -0.326 e. The van der Waals surface area contributed by atoms with Gasteiger partial charge in [0, 0.05) is 24.7 Å². The first-order chi connectivity index (χ1) is 10.8. The largest absolute Gasteiger partial charge is 0.326 e. The molecule has 0 aromatic heterocycles. The average molecular weight is 340 g/mol. The van der Waals surface area contributed by atoms with E-state index in [4.69, 9.17) is 0 Å². The Labute approximate surface area is 132 Å². The van der Waals surface area contributed by atoms with Crippen molar-refractivity contribution < 1.29 is 22.0 Å². The van der Waals surface area contributed by atoms with Crippen LogP contribution >= 0.6 is 0 Å². The van der Waals surface area contributed by atoms with E-state index in [0.29, 0.717) is 5.69 Å². The highest BCUT2D eigenvalue weighted by Crippen LogP contribution is 2.15. The molecule has 0 unspecified atom stereocenters. The van der Waals surface area contributed by atoms with Crippen LogP contribution in [0.25, 0.3) is 0 Å². The Kier molecular flexibility index (Phi) is 5.07. The predicted molar refractivity (Wildman–Crippen MR) is 81.1 cm³/mol. The van der Waals surface area contributed by atoms with E-state index in [9.17, 15) is 22.0 Å². The highest BCUT2D eigenvalue weighted by molar-refractivity contribution is 7.89. The van der Waals surface area contributed by atoms with Gasteiger partial charge in [-0.25, -0.2) is 21.9 Å². The summed E-state index contributed by atoms with van der Waals surface area (Å²) in [6.45, 7) is 0.957. The van der Waals surface area contributed by atoms with Gasteiger partial charge in [-0.2, -0.15) is 0 Å². The minimum absolute atomic E-state index is 0.0524. The molecule has 0 bridgehead atoms. The lowest BCUT2D eigenvalue weighted by Crippen LogP contribution is -2.23. The standard InChI is InChI=1S/C15H14F2N2O3S/c1-10(20)19-13-3-5-14(6-4-13)23(21,22)18-9-11-8-12(16)2-7-15(11)17/h2-8,18H,9H2,1H3,(H,19,20). The van der Waals surface area contributed by atoms with Crippen molar-refractivity contribution in [1.82, 2.24) is 4.72 Å². The summed E-state index contributed by atoms with van der Waals surface area (Å²) in [6, 6.07) is 8.27. The molecule has 5 nitrogen and oxygen atoms in total. The van der Waals surface area contributed by atoms with Crippen LogP contribution in [-0.4, -0.2) is 14.3 Å². The molecule has 0 aliphatic rings. The van der Waals surface area contributed by atoms with E-state index in [1.807, 2.05) is 0 Å². The van der Waals surface area contributed by atoms with E-state index in [-0.39, 0.29) is 22.9 Å². The minimum atomic E-state index is -3.89. The highest BCUT2D eigenvalue weighted by atomic mass is 32.2. The normalized spacial score (nSPS) is 11.3. The first-order valence-corrected chi connectivity index (χ1v) is 8.07. The number of amides is 1. The fourth-order valence-corrected chi connectivity index (χ4v) is 2.86. The van der Waals surface area contributed by atoms with E-state index in [1.165, 1.54) is 31.2 Å². The monoisotopic (exact) mass is 340 g/mol. The van der Waals surface area contributed by atoms with Crippen LogP contribution < -0.4 is 10.0 Å². The number of nitrogens with one attached hydrogen (secondary N) is 2. The molecular formula is C15H14F2N2O3S. The zero-order valence-corrected chi connectivity index (χ0v) is 13.0. The van der Waals surface area contributed by atoms with Crippen molar-refractivity contribution in [2.45, 2.75) is 18.4 Å². The third-order valence-electron chi connectivity index (χ3n) is 2.95. The van der Waals surface area contributed by atoms with Crippen molar-refractivity contribution in [1.29, 1.82) is 0 Å². The average Bonchev–Trinajstić information content (AvgIpc) is 2.48. The van der Waals surface area contributed by atoms with E-state index in [0.717, 1.165) is 18.2 Å².